The predicted octanol–water partition coefficient (Wildman–Crippen LogP) is 4.37. The molecule has 4 rings (SSSR count). The second-order valence-corrected chi connectivity index (χ2v) is 7.98. The van der Waals surface area contributed by atoms with Crippen molar-refractivity contribution in [1.82, 2.24) is 24.8 Å². The molecule has 3 aromatic rings. The van der Waals surface area contributed by atoms with E-state index in [0.717, 1.165) is 25.1 Å². The van der Waals surface area contributed by atoms with E-state index in [0.29, 0.717) is 29.4 Å². The standard InChI is InChI=1S/C23H23F3N6O/c1-14-6-8-17(21-27-10-4-11-28-21)20(30-14)22(33)32-12-3-5-18(15(32)2)31-19-9-7-16(13-29-19)23(24,25)26/h4,6-11,13,15,18H,3,5,12H2,1-2H3,(H,29,31). The Morgan fingerprint density at radius 3 is 2.55 bits per heavy atom. The number of pyridine rings is 2. The van der Waals surface area contributed by atoms with Crippen molar-refractivity contribution in [1.29, 1.82) is 0 Å². The number of anilines is 1. The number of aromatic nitrogens is 4. The SMILES string of the molecule is Cc1ccc(-c2ncccn2)c(C(=O)N2CCCC(Nc3ccc(C(F)(F)F)cn3)C2C)n1. The van der Waals surface area contributed by atoms with Crippen LogP contribution in [0.4, 0.5) is 19.0 Å². The molecule has 1 saturated heterocycles. The van der Waals surface area contributed by atoms with Crippen LogP contribution in [0.3, 0.4) is 0 Å². The molecule has 2 atom stereocenters. The van der Waals surface area contributed by atoms with Gasteiger partial charge in [0.25, 0.3) is 5.91 Å². The van der Waals surface area contributed by atoms with E-state index in [-0.39, 0.29) is 23.7 Å². The first-order valence-electron chi connectivity index (χ1n) is 10.6. The van der Waals surface area contributed by atoms with Crippen molar-refractivity contribution in [2.45, 2.75) is 44.9 Å². The molecule has 1 N–H and O–H groups in total. The number of halogens is 3. The zero-order chi connectivity index (χ0) is 23.6. The van der Waals surface area contributed by atoms with Crippen LogP contribution >= 0.6 is 0 Å². The molecule has 4 heterocycles. The molecule has 0 aromatic carbocycles. The number of alkyl halides is 3. The van der Waals surface area contributed by atoms with Gasteiger partial charge in [0.1, 0.15) is 11.5 Å². The van der Waals surface area contributed by atoms with Gasteiger partial charge in [0.2, 0.25) is 0 Å². The summed E-state index contributed by atoms with van der Waals surface area (Å²) in [6, 6.07) is 7.20. The molecular formula is C23H23F3N6O. The van der Waals surface area contributed by atoms with Crippen molar-refractivity contribution in [3.8, 4) is 11.4 Å². The molecule has 33 heavy (non-hydrogen) atoms. The molecule has 1 amide bonds. The smallest absolute Gasteiger partial charge is 0.365 e. The number of piperidine rings is 1. The number of aryl methyl sites for hydroxylation is 1. The molecule has 172 valence electrons. The first-order valence-corrected chi connectivity index (χ1v) is 10.6. The van der Waals surface area contributed by atoms with E-state index in [4.69, 9.17) is 0 Å². The molecule has 3 aromatic heterocycles. The monoisotopic (exact) mass is 456 g/mol. The van der Waals surface area contributed by atoms with Crippen LogP contribution in [0.25, 0.3) is 11.4 Å². The quantitative estimate of drug-likeness (QED) is 0.628. The van der Waals surface area contributed by atoms with E-state index < -0.39 is 11.7 Å². The summed E-state index contributed by atoms with van der Waals surface area (Å²) in [5, 5.41) is 3.19. The fourth-order valence-corrected chi connectivity index (χ4v) is 3.93. The Morgan fingerprint density at radius 1 is 1.12 bits per heavy atom. The van der Waals surface area contributed by atoms with Crippen molar-refractivity contribution in [2.75, 3.05) is 11.9 Å². The summed E-state index contributed by atoms with van der Waals surface area (Å²) in [4.78, 5) is 32.2. The minimum atomic E-state index is -4.44. The lowest BCUT2D eigenvalue weighted by Gasteiger charge is -2.40. The molecule has 0 bridgehead atoms. The number of hydrogen-bond donors (Lipinski definition) is 1. The number of amides is 1. The van der Waals surface area contributed by atoms with Crippen LogP contribution in [0.2, 0.25) is 0 Å². The van der Waals surface area contributed by atoms with Crippen LogP contribution < -0.4 is 5.32 Å². The van der Waals surface area contributed by atoms with Gasteiger partial charge in [0.15, 0.2) is 5.82 Å². The third-order valence-corrected chi connectivity index (χ3v) is 5.72. The Hall–Kier alpha value is -3.56. The summed E-state index contributed by atoms with van der Waals surface area (Å²) in [5.41, 5.74) is 0.730. The third-order valence-electron chi connectivity index (χ3n) is 5.72. The molecule has 0 aliphatic carbocycles. The Morgan fingerprint density at radius 2 is 1.88 bits per heavy atom. The molecular weight excluding hydrogens is 433 g/mol. The highest BCUT2D eigenvalue weighted by molar-refractivity contribution is 5.98. The Balaban J connectivity index is 1.56. The predicted molar refractivity (Wildman–Crippen MR) is 116 cm³/mol. The molecule has 2 unspecified atom stereocenters. The van der Waals surface area contributed by atoms with E-state index in [2.05, 4.69) is 25.3 Å². The van der Waals surface area contributed by atoms with E-state index >= 15 is 0 Å². The molecule has 10 heteroatoms. The van der Waals surface area contributed by atoms with E-state index in [1.165, 1.54) is 6.07 Å². The zero-order valence-corrected chi connectivity index (χ0v) is 18.2. The van der Waals surface area contributed by atoms with E-state index in [1.807, 2.05) is 19.9 Å². The minimum absolute atomic E-state index is 0.173. The molecule has 0 spiro atoms. The molecule has 0 saturated carbocycles. The van der Waals surface area contributed by atoms with Gasteiger partial charge >= 0.3 is 6.18 Å². The maximum absolute atomic E-state index is 13.5. The molecule has 1 aliphatic rings. The maximum atomic E-state index is 13.5. The molecule has 0 radical (unpaired) electrons. The lowest BCUT2D eigenvalue weighted by atomic mass is 9.96. The highest BCUT2D eigenvalue weighted by atomic mass is 19.4. The number of rotatable bonds is 4. The summed E-state index contributed by atoms with van der Waals surface area (Å²) in [6.45, 7) is 4.27. The van der Waals surface area contributed by atoms with Gasteiger partial charge in [0.05, 0.1) is 11.1 Å². The van der Waals surface area contributed by atoms with Crippen LogP contribution in [0.5, 0.6) is 0 Å². The van der Waals surface area contributed by atoms with Gasteiger partial charge in [-0.2, -0.15) is 13.2 Å². The Kier molecular flexibility index (Phi) is 6.26. The van der Waals surface area contributed by atoms with Crippen molar-refractivity contribution in [3.63, 3.8) is 0 Å². The second-order valence-electron chi connectivity index (χ2n) is 7.98. The fourth-order valence-electron chi connectivity index (χ4n) is 3.93. The normalized spacial score (nSPS) is 18.8. The number of carbonyl (C=O) groups is 1. The first-order chi connectivity index (χ1) is 15.7. The van der Waals surface area contributed by atoms with Gasteiger partial charge in [-0.3, -0.25) is 4.79 Å². The number of hydrogen-bond acceptors (Lipinski definition) is 6. The summed E-state index contributed by atoms with van der Waals surface area (Å²) < 4.78 is 38.4. The summed E-state index contributed by atoms with van der Waals surface area (Å²) >= 11 is 0. The van der Waals surface area contributed by atoms with Crippen LogP contribution in [0, 0.1) is 6.92 Å². The zero-order valence-electron chi connectivity index (χ0n) is 18.2. The van der Waals surface area contributed by atoms with Crippen molar-refractivity contribution in [2.24, 2.45) is 0 Å². The highest BCUT2D eigenvalue weighted by Crippen LogP contribution is 2.30. The average Bonchev–Trinajstić information content (AvgIpc) is 2.80. The van der Waals surface area contributed by atoms with Crippen molar-refractivity contribution < 1.29 is 18.0 Å². The topological polar surface area (TPSA) is 83.9 Å². The van der Waals surface area contributed by atoms with Gasteiger partial charge < -0.3 is 10.2 Å². The summed E-state index contributed by atoms with van der Waals surface area (Å²) in [6.07, 6.45) is 1.07. The number of likely N-dealkylation sites (tertiary alicyclic amines) is 1. The van der Waals surface area contributed by atoms with Gasteiger partial charge in [0, 0.05) is 42.9 Å². The van der Waals surface area contributed by atoms with Gasteiger partial charge in [-0.15, -0.1) is 0 Å². The third kappa shape index (κ3) is 4.94. The lowest BCUT2D eigenvalue weighted by Crippen LogP contribution is -2.52. The number of carbonyl (C=O) groups excluding carboxylic acids is 1. The Bertz CT molecular complexity index is 1120. The van der Waals surface area contributed by atoms with Crippen LogP contribution in [-0.2, 0) is 6.18 Å². The molecule has 1 aliphatic heterocycles. The Labute approximate surface area is 189 Å². The minimum Gasteiger partial charge on any atom is -0.365 e. The first kappa shape index (κ1) is 22.6. The van der Waals surface area contributed by atoms with Crippen LogP contribution in [0.1, 0.15) is 41.5 Å². The lowest BCUT2D eigenvalue weighted by molar-refractivity contribution is -0.137. The van der Waals surface area contributed by atoms with Gasteiger partial charge in [-0.25, -0.2) is 19.9 Å². The fraction of sp³-hybridized carbons (Fsp3) is 0.348. The van der Waals surface area contributed by atoms with E-state index in [9.17, 15) is 18.0 Å². The number of nitrogens with zero attached hydrogens (tertiary/aromatic N) is 5. The summed E-state index contributed by atoms with van der Waals surface area (Å²) in [5.74, 6) is 0.517. The molecule has 1 fully saturated rings. The summed E-state index contributed by atoms with van der Waals surface area (Å²) in [7, 11) is 0. The maximum Gasteiger partial charge on any atom is 0.417 e. The van der Waals surface area contributed by atoms with Crippen LogP contribution in [0.15, 0.2) is 48.9 Å². The molecule has 7 nitrogen and oxygen atoms in total. The number of nitrogens with one attached hydrogen (secondary N) is 1. The van der Waals surface area contributed by atoms with Crippen molar-refractivity contribution >= 4 is 11.7 Å². The average molecular weight is 456 g/mol. The highest BCUT2D eigenvalue weighted by Gasteiger charge is 2.34. The second kappa shape index (κ2) is 9.13. The van der Waals surface area contributed by atoms with Gasteiger partial charge in [-0.05, 0) is 57.0 Å². The van der Waals surface area contributed by atoms with E-state index in [1.54, 1.807) is 29.4 Å². The van der Waals surface area contributed by atoms with Gasteiger partial charge in [-0.1, -0.05) is 0 Å². The largest absolute Gasteiger partial charge is 0.417 e. The van der Waals surface area contributed by atoms with Crippen LogP contribution in [-0.4, -0.2) is 49.4 Å². The van der Waals surface area contributed by atoms with Crippen molar-refractivity contribution in [3.05, 3.63) is 65.9 Å².